The van der Waals surface area contributed by atoms with Crippen molar-refractivity contribution in [2.24, 2.45) is 5.92 Å². The third-order valence-corrected chi connectivity index (χ3v) is 2.46. The van der Waals surface area contributed by atoms with Gasteiger partial charge in [0.25, 0.3) is 0 Å². The molecular formula is C9H18O7. The predicted molar refractivity (Wildman–Crippen MR) is 51.4 cm³/mol. The molecule has 0 aliphatic carbocycles. The Bertz CT molecular complexity index is 200. The molecule has 1 heterocycles. The molecule has 1 fully saturated rings. The van der Waals surface area contributed by atoms with Crippen molar-refractivity contribution in [1.29, 1.82) is 0 Å². The summed E-state index contributed by atoms with van der Waals surface area (Å²) in [5.74, 6) is -0.468. The van der Waals surface area contributed by atoms with Gasteiger partial charge in [0, 0.05) is 5.92 Å². The smallest absolute Gasteiger partial charge is 0.183 e. The van der Waals surface area contributed by atoms with Crippen molar-refractivity contribution in [3.05, 3.63) is 0 Å². The van der Waals surface area contributed by atoms with Gasteiger partial charge in [-0.3, -0.25) is 0 Å². The summed E-state index contributed by atoms with van der Waals surface area (Å²) in [6.45, 7) is -0.319. The lowest BCUT2D eigenvalue weighted by molar-refractivity contribution is -0.245. The van der Waals surface area contributed by atoms with Crippen LogP contribution < -0.4 is 0 Å². The lowest BCUT2D eigenvalue weighted by Gasteiger charge is -2.34. The highest BCUT2D eigenvalue weighted by molar-refractivity contribution is 4.82. The highest BCUT2D eigenvalue weighted by Crippen LogP contribution is 2.19. The van der Waals surface area contributed by atoms with Crippen LogP contribution in [0.1, 0.15) is 0 Å². The van der Waals surface area contributed by atoms with E-state index in [1.165, 1.54) is 0 Å². The summed E-state index contributed by atoms with van der Waals surface area (Å²) in [7, 11) is 0. The van der Waals surface area contributed by atoms with Crippen LogP contribution in [0.15, 0.2) is 0 Å². The molecule has 0 amide bonds. The van der Waals surface area contributed by atoms with E-state index in [1.807, 2.05) is 0 Å². The molecule has 1 rings (SSSR count). The lowest BCUT2D eigenvalue weighted by atomic mass is 9.96. The summed E-state index contributed by atoms with van der Waals surface area (Å²) in [5.41, 5.74) is 0. The van der Waals surface area contributed by atoms with Crippen LogP contribution in [0.25, 0.3) is 0 Å². The Labute approximate surface area is 92.9 Å². The van der Waals surface area contributed by atoms with Gasteiger partial charge in [0.2, 0.25) is 0 Å². The first kappa shape index (κ1) is 13.8. The van der Waals surface area contributed by atoms with E-state index in [-0.39, 0.29) is 19.8 Å². The van der Waals surface area contributed by atoms with E-state index in [0.29, 0.717) is 0 Å². The van der Waals surface area contributed by atoms with Gasteiger partial charge in [0.15, 0.2) is 6.29 Å². The molecule has 0 radical (unpaired) electrons. The summed E-state index contributed by atoms with van der Waals surface area (Å²) in [6, 6.07) is 0. The molecule has 0 spiro atoms. The summed E-state index contributed by atoms with van der Waals surface area (Å²) >= 11 is 0. The maximum atomic E-state index is 9.55. The van der Waals surface area contributed by atoms with E-state index in [9.17, 15) is 10.2 Å². The van der Waals surface area contributed by atoms with Crippen molar-refractivity contribution in [3.63, 3.8) is 0 Å². The first-order valence-electron chi connectivity index (χ1n) is 5.08. The Hall–Kier alpha value is -0.280. The molecule has 0 aromatic heterocycles. The number of ether oxygens (including phenoxy) is 2. The molecule has 5 N–H and O–H groups in total. The second-order valence-electron chi connectivity index (χ2n) is 3.84. The van der Waals surface area contributed by atoms with E-state index in [1.54, 1.807) is 0 Å². The summed E-state index contributed by atoms with van der Waals surface area (Å²) < 4.78 is 9.85. The van der Waals surface area contributed by atoms with Crippen LogP contribution >= 0.6 is 0 Å². The van der Waals surface area contributed by atoms with E-state index in [0.717, 1.165) is 0 Å². The fourth-order valence-corrected chi connectivity index (χ4v) is 1.42. The van der Waals surface area contributed by atoms with Crippen molar-refractivity contribution < 1.29 is 35.0 Å². The topological polar surface area (TPSA) is 120 Å². The molecule has 0 bridgehead atoms. The summed E-state index contributed by atoms with van der Waals surface area (Å²) in [4.78, 5) is 0. The van der Waals surface area contributed by atoms with E-state index in [4.69, 9.17) is 24.8 Å². The third-order valence-electron chi connectivity index (χ3n) is 2.46. The van der Waals surface area contributed by atoms with Crippen LogP contribution in [-0.2, 0) is 9.47 Å². The van der Waals surface area contributed by atoms with Gasteiger partial charge >= 0.3 is 0 Å². The molecule has 0 saturated carbocycles. The van der Waals surface area contributed by atoms with Gasteiger partial charge < -0.3 is 35.0 Å². The number of hydrogen-bond donors (Lipinski definition) is 5. The minimum Gasteiger partial charge on any atom is -0.394 e. The molecule has 0 aromatic rings. The Morgan fingerprint density at radius 2 is 1.94 bits per heavy atom. The average Bonchev–Trinajstić information content (AvgIpc) is 2.29. The van der Waals surface area contributed by atoms with Gasteiger partial charge in [-0.2, -0.15) is 0 Å². The number of hydrogen-bond acceptors (Lipinski definition) is 7. The van der Waals surface area contributed by atoms with Crippen LogP contribution in [-0.4, -0.2) is 76.6 Å². The first-order valence-corrected chi connectivity index (χ1v) is 5.08. The molecule has 16 heavy (non-hydrogen) atoms. The van der Waals surface area contributed by atoms with E-state index < -0.39 is 37.1 Å². The lowest BCUT2D eigenvalue weighted by Crippen LogP contribution is -2.51. The predicted octanol–water partition coefficient (Wildman–Crippen LogP) is -2.96. The number of rotatable bonds is 5. The standard InChI is InChI=1S/C9H18O7/c10-1-6(11)4-15-2-5-3-16-9(14)8(13)7(5)12/h5-14H,1-4H2/t5-,6-,7+,8-,9-/m0/s1. The largest absolute Gasteiger partial charge is 0.394 e. The average molecular weight is 238 g/mol. The normalized spacial score (nSPS) is 37.3. The van der Waals surface area contributed by atoms with Gasteiger partial charge in [-0.05, 0) is 0 Å². The molecule has 96 valence electrons. The highest BCUT2D eigenvalue weighted by Gasteiger charge is 2.37. The van der Waals surface area contributed by atoms with Crippen LogP contribution in [0, 0.1) is 5.92 Å². The quantitative estimate of drug-likeness (QED) is 0.347. The zero-order chi connectivity index (χ0) is 12.1. The van der Waals surface area contributed by atoms with Crippen LogP contribution in [0.5, 0.6) is 0 Å². The second-order valence-corrected chi connectivity index (χ2v) is 3.84. The van der Waals surface area contributed by atoms with E-state index in [2.05, 4.69) is 0 Å². The molecule has 1 aliphatic heterocycles. The van der Waals surface area contributed by atoms with Crippen molar-refractivity contribution in [3.8, 4) is 0 Å². The first-order chi connectivity index (χ1) is 7.56. The maximum Gasteiger partial charge on any atom is 0.183 e. The highest BCUT2D eigenvalue weighted by atomic mass is 16.6. The van der Waals surface area contributed by atoms with Gasteiger partial charge in [-0.1, -0.05) is 0 Å². The molecule has 1 saturated heterocycles. The fourth-order valence-electron chi connectivity index (χ4n) is 1.42. The Morgan fingerprint density at radius 1 is 1.25 bits per heavy atom. The second kappa shape index (κ2) is 6.45. The number of aliphatic hydroxyl groups is 5. The van der Waals surface area contributed by atoms with Gasteiger partial charge in [-0.25, -0.2) is 0 Å². The summed E-state index contributed by atoms with van der Waals surface area (Å²) in [5, 5.41) is 45.4. The van der Waals surface area contributed by atoms with Gasteiger partial charge in [-0.15, -0.1) is 0 Å². The van der Waals surface area contributed by atoms with Crippen LogP contribution in [0.2, 0.25) is 0 Å². The molecular weight excluding hydrogens is 220 g/mol. The van der Waals surface area contributed by atoms with Crippen molar-refractivity contribution in [2.75, 3.05) is 26.4 Å². The molecule has 1 aliphatic rings. The van der Waals surface area contributed by atoms with Crippen LogP contribution in [0.3, 0.4) is 0 Å². The SMILES string of the molecule is OC[C@H](O)COC[C@H]1CO[C@H](O)[C@@H](O)[C@@H]1O. The van der Waals surface area contributed by atoms with Gasteiger partial charge in [0.05, 0.1) is 32.5 Å². The van der Waals surface area contributed by atoms with E-state index >= 15 is 0 Å². The minimum absolute atomic E-state index is 0.0572. The maximum absolute atomic E-state index is 9.55. The molecule has 7 heteroatoms. The van der Waals surface area contributed by atoms with Crippen LogP contribution in [0.4, 0.5) is 0 Å². The Kier molecular flexibility index (Phi) is 5.56. The Morgan fingerprint density at radius 3 is 2.56 bits per heavy atom. The minimum atomic E-state index is -1.38. The fraction of sp³-hybridized carbons (Fsp3) is 1.00. The van der Waals surface area contributed by atoms with Crippen molar-refractivity contribution in [2.45, 2.75) is 24.6 Å². The zero-order valence-electron chi connectivity index (χ0n) is 8.77. The third kappa shape index (κ3) is 3.63. The molecule has 0 unspecified atom stereocenters. The monoisotopic (exact) mass is 238 g/mol. The van der Waals surface area contributed by atoms with Gasteiger partial charge in [0.1, 0.15) is 12.2 Å². The number of aliphatic hydroxyl groups excluding tert-OH is 5. The summed E-state index contributed by atoms with van der Waals surface area (Å²) in [6.07, 6.45) is -4.83. The Balaban J connectivity index is 2.27. The van der Waals surface area contributed by atoms with Crippen molar-refractivity contribution in [1.82, 2.24) is 0 Å². The molecule has 7 nitrogen and oxygen atoms in total. The van der Waals surface area contributed by atoms with Crippen molar-refractivity contribution >= 4 is 0 Å². The molecule has 0 aromatic carbocycles. The molecule has 5 atom stereocenters. The zero-order valence-corrected chi connectivity index (χ0v) is 8.77.